The van der Waals surface area contributed by atoms with Crippen LogP contribution < -0.4 is 10.6 Å². The molecule has 1 heterocycles. The van der Waals surface area contributed by atoms with E-state index in [9.17, 15) is 4.79 Å². The van der Waals surface area contributed by atoms with Crippen molar-refractivity contribution in [2.75, 3.05) is 6.54 Å². The van der Waals surface area contributed by atoms with Gasteiger partial charge in [-0.1, -0.05) is 23.2 Å². The number of carbonyl (C=O) groups is 1. The van der Waals surface area contributed by atoms with Gasteiger partial charge in [-0.25, -0.2) is 9.78 Å². The van der Waals surface area contributed by atoms with Crippen LogP contribution in [-0.2, 0) is 0 Å². The molecule has 2 rings (SSSR count). The molecule has 0 aliphatic heterocycles. The van der Waals surface area contributed by atoms with Crippen LogP contribution in [0.25, 0.3) is 11.0 Å². The summed E-state index contributed by atoms with van der Waals surface area (Å²) < 4.78 is 0. The number of benzene rings is 1. The number of nitrogens with one attached hydrogen (secondary N) is 3. The molecule has 1 atom stereocenters. The second-order valence-corrected chi connectivity index (χ2v) is 4.95. The van der Waals surface area contributed by atoms with E-state index in [1.54, 1.807) is 12.1 Å². The SMILES string of the molecule is CCNC(=O)N[C@H](C)c1nc2cc(Cl)c(Cl)cc2[nH]1. The first-order chi connectivity index (χ1) is 9.01. The zero-order valence-electron chi connectivity index (χ0n) is 10.6. The van der Waals surface area contributed by atoms with Crippen LogP contribution in [0.5, 0.6) is 0 Å². The molecular weight excluding hydrogens is 287 g/mol. The Kier molecular flexibility index (Phi) is 4.17. The van der Waals surface area contributed by atoms with Gasteiger partial charge in [-0.05, 0) is 26.0 Å². The largest absolute Gasteiger partial charge is 0.340 e. The van der Waals surface area contributed by atoms with E-state index in [1.165, 1.54) is 0 Å². The van der Waals surface area contributed by atoms with E-state index in [-0.39, 0.29) is 12.1 Å². The number of imidazole rings is 1. The summed E-state index contributed by atoms with van der Waals surface area (Å²) in [6.07, 6.45) is 0. The standard InChI is InChI=1S/C12H14Cl2N4O/c1-3-15-12(19)16-6(2)11-17-9-4-7(13)8(14)5-10(9)18-11/h4-6H,3H2,1-2H3,(H,17,18)(H2,15,16,19)/t6-/m1/s1. The summed E-state index contributed by atoms with van der Waals surface area (Å²) in [5.41, 5.74) is 1.50. The first-order valence-corrected chi connectivity index (χ1v) is 6.66. The minimum Gasteiger partial charge on any atom is -0.340 e. The van der Waals surface area contributed by atoms with Gasteiger partial charge in [-0.15, -0.1) is 0 Å². The minimum atomic E-state index is -0.239. The maximum Gasteiger partial charge on any atom is 0.315 e. The predicted octanol–water partition coefficient (Wildman–Crippen LogP) is 3.25. The molecule has 5 nitrogen and oxygen atoms in total. The van der Waals surface area contributed by atoms with Crippen LogP contribution in [0.3, 0.4) is 0 Å². The summed E-state index contributed by atoms with van der Waals surface area (Å²) in [6, 6.07) is 2.94. The van der Waals surface area contributed by atoms with E-state index in [2.05, 4.69) is 20.6 Å². The van der Waals surface area contributed by atoms with Gasteiger partial charge < -0.3 is 15.6 Å². The number of H-pyrrole nitrogens is 1. The number of aromatic nitrogens is 2. The lowest BCUT2D eigenvalue weighted by molar-refractivity contribution is 0.238. The zero-order valence-corrected chi connectivity index (χ0v) is 12.1. The minimum absolute atomic E-state index is 0.230. The third-order valence-electron chi connectivity index (χ3n) is 2.64. The van der Waals surface area contributed by atoms with Gasteiger partial charge in [0.05, 0.1) is 27.1 Å². The zero-order chi connectivity index (χ0) is 14.0. The van der Waals surface area contributed by atoms with Gasteiger partial charge in [0.15, 0.2) is 0 Å². The van der Waals surface area contributed by atoms with Crippen molar-refractivity contribution in [3.63, 3.8) is 0 Å². The maximum absolute atomic E-state index is 11.4. The number of carbonyl (C=O) groups excluding carboxylic acids is 1. The number of aromatic amines is 1. The number of halogens is 2. The van der Waals surface area contributed by atoms with Crippen LogP contribution in [-0.4, -0.2) is 22.5 Å². The van der Waals surface area contributed by atoms with Crippen molar-refractivity contribution in [2.45, 2.75) is 19.9 Å². The fourth-order valence-electron chi connectivity index (χ4n) is 1.71. The number of hydrogen-bond donors (Lipinski definition) is 3. The normalized spacial score (nSPS) is 12.4. The van der Waals surface area contributed by atoms with Gasteiger partial charge in [-0.3, -0.25) is 0 Å². The summed E-state index contributed by atoms with van der Waals surface area (Å²) >= 11 is 11.9. The van der Waals surface area contributed by atoms with E-state index in [1.807, 2.05) is 13.8 Å². The second kappa shape index (κ2) is 5.67. The highest BCUT2D eigenvalue weighted by atomic mass is 35.5. The molecule has 0 radical (unpaired) electrons. The van der Waals surface area contributed by atoms with E-state index in [4.69, 9.17) is 23.2 Å². The Hall–Kier alpha value is -1.46. The Morgan fingerprint density at radius 2 is 2.11 bits per heavy atom. The van der Waals surface area contributed by atoms with Crippen LogP contribution in [0, 0.1) is 0 Å². The fourth-order valence-corrected chi connectivity index (χ4v) is 2.03. The third-order valence-corrected chi connectivity index (χ3v) is 3.36. The second-order valence-electron chi connectivity index (χ2n) is 4.13. The highest BCUT2D eigenvalue weighted by molar-refractivity contribution is 6.42. The molecule has 0 fully saturated rings. The van der Waals surface area contributed by atoms with Crippen molar-refractivity contribution in [1.82, 2.24) is 20.6 Å². The molecule has 102 valence electrons. The molecule has 0 aliphatic carbocycles. The molecule has 1 aromatic carbocycles. The number of nitrogens with zero attached hydrogens (tertiary/aromatic N) is 1. The molecule has 0 saturated heterocycles. The van der Waals surface area contributed by atoms with Crippen molar-refractivity contribution < 1.29 is 4.79 Å². The van der Waals surface area contributed by atoms with Gasteiger partial charge in [-0.2, -0.15) is 0 Å². The van der Waals surface area contributed by atoms with Gasteiger partial charge in [0.1, 0.15) is 5.82 Å². The van der Waals surface area contributed by atoms with Crippen molar-refractivity contribution in [3.8, 4) is 0 Å². The smallest absolute Gasteiger partial charge is 0.315 e. The van der Waals surface area contributed by atoms with Crippen LogP contribution in [0.4, 0.5) is 4.79 Å². The van der Waals surface area contributed by atoms with Crippen molar-refractivity contribution in [1.29, 1.82) is 0 Å². The Morgan fingerprint density at radius 3 is 2.79 bits per heavy atom. The van der Waals surface area contributed by atoms with Crippen LogP contribution >= 0.6 is 23.2 Å². The Balaban J connectivity index is 2.23. The van der Waals surface area contributed by atoms with Gasteiger partial charge in [0, 0.05) is 6.54 Å². The number of urea groups is 1. The quantitative estimate of drug-likeness (QED) is 0.814. The van der Waals surface area contributed by atoms with E-state index < -0.39 is 0 Å². The third kappa shape index (κ3) is 3.11. The summed E-state index contributed by atoms with van der Waals surface area (Å²) in [5.74, 6) is 0.652. The lowest BCUT2D eigenvalue weighted by Crippen LogP contribution is -2.37. The molecule has 0 aliphatic rings. The van der Waals surface area contributed by atoms with Crippen molar-refractivity contribution in [3.05, 3.63) is 28.0 Å². The molecule has 0 unspecified atom stereocenters. The molecule has 3 N–H and O–H groups in total. The molecule has 2 aromatic rings. The molecule has 19 heavy (non-hydrogen) atoms. The Labute approximate surface area is 120 Å². The summed E-state index contributed by atoms with van der Waals surface area (Å²) in [4.78, 5) is 18.9. The number of fused-ring (bicyclic) bond motifs is 1. The number of rotatable bonds is 3. The molecule has 7 heteroatoms. The monoisotopic (exact) mass is 300 g/mol. The van der Waals surface area contributed by atoms with Crippen LogP contribution in [0.15, 0.2) is 12.1 Å². The summed E-state index contributed by atoms with van der Waals surface area (Å²) in [7, 11) is 0. The van der Waals surface area contributed by atoms with E-state index in [0.717, 1.165) is 5.52 Å². The summed E-state index contributed by atoms with van der Waals surface area (Å²) in [6.45, 7) is 4.27. The fraction of sp³-hybridized carbons (Fsp3) is 0.333. The predicted molar refractivity (Wildman–Crippen MR) is 76.7 cm³/mol. The Bertz CT molecular complexity index is 572. The maximum atomic E-state index is 11.4. The van der Waals surface area contributed by atoms with E-state index >= 15 is 0 Å². The topological polar surface area (TPSA) is 69.8 Å². The summed E-state index contributed by atoms with van der Waals surface area (Å²) in [5, 5.41) is 6.36. The highest BCUT2D eigenvalue weighted by Gasteiger charge is 2.14. The highest BCUT2D eigenvalue weighted by Crippen LogP contribution is 2.27. The van der Waals surface area contributed by atoms with E-state index in [0.29, 0.717) is 27.9 Å². The number of hydrogen-bond acceptors (Lipinski definition) is 2. The Morgan fingerprint density at radius 1 is 1.42 bits per heavy atom. The molecular formula is C12H14Cl2N4O. The van der Waals surface area contributed by atoms with Crippen LogP contribution in [0.1, 0.15) is 25.7 Å². The number of amides is 2. The van der Waals surface area contributed by atoms with Crippen molar-refractivity contribution >= 4 is 40.3 Å². The average Bonchev–Trinajstić information content (AvgIpc) is 2.73. The first-order valence-electron chi connectivity index (χ1n) is 5.90. The van der Waals surface area contributed by atoms with Crippen molar-refractivity contribution in [2.24, 2.45) is 0 Å². The molecule has 0 bridgehead atoms. The lowest BCUT2D eigenvalue weighted by Gasteiger charge is -2.11. The molecule has 1 aromatic heterocycles. The average molecular weight is 301 g/mol. The first kappa shape index (κ1) is 14.0. The molecule has 2 amide bonds. The lowest BCUT2D eigenvalue weighted by atomic mass is 10.3. The van der Waals surface area contributed by atoms with Gasteiger partial charge >= 0.3 is 6.03 Å². The van der Waals surface area contributed by atoms with Crippen LogP contribution in [0.2, 0.25) is 10.0 Å². The molecule has 0 spiro atoms. The molecule has 0 saturated carbocycles. The van der Waals surface area contributed by atoms with Gasteiger partial charge in [0.25, 0.3) is 0 Å². The van der Waals surface area contributed by atoms with Gasteiger partial charge in [0.2, 0.25) is 0 Å².